The lowest BCUT2D eigenvalue weighted by Crippen LogP contribution is -2.82. The fourth-order valence-corrected chi connectivity index (χ4v) is 5.39. The van der Waals surface area contributed by atoms with Crippen LogP contribution >= 0.6 is 11.8 Å². The summed E-state index contributed by atoms with van der Waals surface area (Å²) in [7, 11) is 1.11. The van der Waals surface area contributed by atoms with E-state index >= 15 is 0 Å². The molecule has 2 aliphatic heterocycles. The first-order chi connectivity index (χ1) is 13.1. The zero-order valence-corrected chi connectivity index (χ0v) is 16.4. The summed E-state index contributed by atoms with van der Waals surface area (Å²) in [4.78, 5) is 50.9. The number of benzene rings is 1. The number of thioether (sulfide) groups is 1. The van der Waals surface area contributed by atoms with Crippen LogP contribution in [-0.2, 0) is 30.3 Å². The number of carbonyl (C=O) groups excluding carboxylic acids is 3. The Morgan fingerprint density at radius 2 is 1.96 bits per heavy atom. The Labute approximate surface area is 165 Å². The fourth-order valence-electron chi connectivity index (χ4n) is 3.71. The molecule has 1 aromatic rings. The van der Waals surface area contributed by atoms with Gasteiger partial charge in [0.25, 0.3) is 5.91 Å². The van der Waals surface area contributed by atoms with Crippen molar-refractivity contribution < 1.29 is 29.0 Å². The molecule has 0 bridgehead atoms. The number of nitrogens with two attached hydrogens (primary N) is 1. The molecule has 0 radical (unpaired) electrons. The van der Waals surface area contributed by atoms with Crippen LogP contribution in [-0.4, -0.2) is 62.6 Å². The lowest BCUT2D eigenvalue weighted by Gasteiger charge is -2.50. The molecule has 2 fully saturated rings. The maximum atomic E-state index is 12.9. The van der Waals surface area contributed by atoms with Gasteiger partial charge < -0.3 is 25.8 Å². The first kappa shape index (κ1) is 20.0. The van der Waals surface area contributed by atoms with Crippen LogP contribution in [0.3, 0.4) is 0 Å². The minimum absolute atomic E-state index is 0.137. The highest BCUT2D eigenvalue weighted by molar-refractivity contribution is 8.01. The van der Waals surface area contributed by atoms with Crippen LogP contribution < -0.4 is 11.1 Å². The Kier molecular flexibility index (Phi) is 4.78. The summed E-state index contributed by atoms with van der Waals surface area (Å²) in [6.45, 7) is 3.35. The zero-order valence-electron chi connectivity index (χ0n) is 15.6. The number of esters is 1. The van der Waals surface area contributed by atoms with E-state index in [1.807, 2.05) is 0 Å². The molecule has 0 spiro atoms. The zero-order chi connectivity index (χ0) is 20.9. The van der Waals surface area contributed by atoms with Crippen molar-refractivity contribution in [2.45, 2.75) is 42.0 Å². The number of hydrogen-bond acceptors (Lipinski definition) is 7. The van der Waals surface area contributed by atoms with Gasteiger partial charge in [-0.3, -0.25) is 9.59 Å². The van der Waals surface area contributed by atoms with Crippen molar-refractivity contribution in [3.63, 3.8) is 0 Å². The number of β-lactam (4-membered cyclic amide) rings is 1. The SMILES string of the molecule is COC(=O)C1(NC(=O)Cc2ccccc2N)C(=O)N2[C@@H](C(=O)O)C(C)(C)S[C@@H]21. The van der Waals surface area contributed by atoms with Gasteiger partial charge in [-0.25, -0.2) is 9.59 Å². The Morgan fingerprint density at radius 3 is 2.54 bits per heavy atom. The number of fused-ring (bicyclic) bond motifs is 1. The topological polar surface area (TPSA) is 139 Å². The van der Waals surface area contributed by atoms with Crippen molar-refractivity contribution in [2.75, 3.05) is 12.8 Å². The van der Waals surface area contributed by atoms with Crippen LogP contribution in [0.5, 0.6) is 0 Å². The quantitative estimate of drug-likeness (QED) is 0.268. The van der Waals surface area contributed by atoms with Crippen LogP contribution in [0.25, 0.3) is 0 Å². The summed E-state index contributed by atoms with van der Waals surface area (Å²) in [6, 6.07) is 5.64. The molecule has 3 rings (SSSR count). The fraction of sp³-hybridized carbons (Fsp3) is 0.444. The Balaban J connectivity index is 1.90. The number of nitrogen functional groups attached to an aromatic ring is 1. The summed E-state index contributed by atoms with van der Waals surface area (Å²) in [5, 5.41) is 11.2. The number of carbonyl (C=O) groups is 4. The molecular weight excluding hydrogens is 386 g/mol. The van der Waals surface area contributed by atoms with E-state index in [4.69, 9.17) is 10.5 Å². The first-order valence-electron chi connectivity index (χ1n) is 8.52. The van der Waals surface area contributed by atoms with Crippen LogP contribution in [0.1, 0.15) is 19.4 Å². The number of methoxy groups -OCH3 is 1. The average molecular weight is 407 g/mol. The second-order valence-corrected chi connectivity index (χ2v) is 8.98. The van der Waals surface area contributed by atoms with Gasteiger partial charge >= 0.3 is 11.9 Å². The van der Waals surface area contributed by atoms with E-state index in [-0.39, 0.29) is 6.42 Å². The standard InChI is InChI=1S/C18H21N3O6S/c1-17(2)12(13(23)24)21-14(25)18(15(21)28-17,16(26)27-3)20-11(22)8-9-6-4-5-7-10(9)19/h4-7,12,15H,8,19H2,1-3H3,(H,20,22)(H,23,24)/t12-,15+,18?/m0/s1. The highest BCUT2D eigenvalue weighted by Crippen LogP contribution is 2.55. The van der Waals surface area contributed by atoms with Gasteiger partial charge in [-0.2, -0.15) is 0 Å². The van der Waals surface area contributed by atoms with Gasteiger partial charge in [0.05, 0.1) is 13.5 Å². The van der Waals surface area contributed by atoms with Crippen molar-refractivity contribution in [1.29, 1.82) is 0 Å². The lowest BCUT2D eigenvalue weighted by molar-refractivity contribution is -0.180. The number of carboxylic acids is 1. The summed E-state index contributed by atoms with van der Waals surface area (Å²) >= 11 is 1.14. The molecule has 4 N–H and O–H groups in total. The van der Waals surface area contributed by atoms with Crippen molar-refractivity contribution in [1.82, 2.24) is 10.2 Å². The van der Waals surface area contributed by atoms with Gasteiger partial charge in [0.1, 0.15) is 11.4 Å². The monoisotopic (exact) mass is 407 g/mol. The Hall–Kier alpha value is -2.75. The molecule has 2 saturated heterocycles. The van der Waals surface area contributed by atoms with E-state index < -0.39 is 45.5 Å². The number of para-hydroxylation sites is 1. The third kappa shape index (κ3) is 2.79. The number of anilines is 1. The van der Waals surface area contributed by atoms with Crippen molar-refractivity contribution >= 4 is 41.2 Å². The number of rotatable bonds is 5. The minimum Gasteiger partial charge on any atom is -0.480 e. The van der Waals surface area contributed by atoms with E-state index in [0.29, 0.717) is 11.3 Å². The van der Waals surface area contributed by atoms with E-state index in [0.717, 1.165) is 23.8 Å². The van der Waals surface area contributed by atoms with Crippen LogP contribution in [0.2, 0.25) is 0 Å². The highest BCUT2D eigenvalue weighted by Gasteiger charge is 2.76. The average Bonchev–Trinajstić information content (AvgIpc) is 2.89. The molecule has 2 amide bonds. The lowest BCUT2D eigenvalue weighted by atomic mass is 9.84. The molecule has 0 aromatic heterocycles. The Bertz CT molecular complexity index is 873. The summed E-state index contributed by atoms with van der Waals surface area (Å²) in [5.41, 5.74) is 4.85. The largest absolute Gasteiger partial charge is 0.480 e. The second kappa shape index (κ2) is 6.69. The van der Waals surface area contributed by atoms with E-state index in [9.17, 15) is 24.3 Å². The van der Waals surface area contributed by atoms with Crippen molar-refractivity contribution in [3.05, 3.63) is 29.8 Å². The van der Waals surface area contributed by atoms with E-state index in [1.165, 1.54) is 0 Å². The molecule has 1 unspecified atom stereocenters. The van der Waals surface area contributed by atoms with Crippen molar-refractivity contribution in [3.8, 4) is 0 Å². The molecule has 2 aliphatic rings. The molecule has 150 valence electrons. The highest BCUT2D eigenvalue weighted by atomic mass is 32.2. The first-order valence-corrected chi connectivity index (χ1v) is 9.40. The number of hydrogen-bond donors (Lipinski definition) is 3. The van der Waals surface area contributed by atoms with Gasteiger partial charge in [-0.15, -0.1) is 11.8 Å². The number of carboxylic acid groups (broad SMARTS) is 1. The number of ether oxygens (including phenoxy) is 1. The molecule has 28 heavy (non-hydrogen) atoms. The summed E-state index contributed by atoms with van der Waals surface area (Å²) < 4.78 is 3.94. The molecule has 0 saturated carbocycles. The van der Waals surface area contributed by atoms with E-state index in [2.05, 4.69) is 5.32 Å². The minimum atomic E-state index is -1.96. The predicted octanol–water partition coefficient (Wildman–Crippen LogP) is -0.0138. The third-order valence-electron chi connectivity index (χ3n) is 5.03. The Morgan fingerprint density at radius 1 is 1.32 bits per heavy atom. The molecular formula is C18H21N3O6S. The van der Waals surface area contributed by atoms with Crippen LogP contribution in [0, 0.1) is 0 Å². The van der Waals surface area contributed by atoms with Crippen molar-refractivity contribution in [2.24, 2.45) is 0 Å². The second-order valence-electron chi connectivity index (χ2n) is 7.25. The molecule has 2 heterocycles. The molecule has 3 atom stereocenters. The van der Waals surface area contributed by atoms with Gasteiger partial charge in [-0.05, 0) is 25.5 Å². The van der Waals surface area contributed by atoms with Crippen LogP contribution in [0.4, 0.5) is 5.69 Å². The normalized spacial score (nSPS) is 27.5. The van der Waals surface area contributed by atoms with Crippen LogP contribution in [0.15, 0.2) is 24.3 Å². The van der Waals surface area contributed by atoms with Gasteiger partial charge in [0, 0.05) is 10.4 Å². The number of nitrogens with one attached hydrogen (secondary N) is 1. The van der Waals surface area contributed by atoms with E-state index in [1.54, 1.807) is 38.1 Å². The summed E-state index contributed by atoms with van der Waals surface area (Å²) in [5.74, 6) is -3.48. The molecule has 10 heteroatoms. The summed E-state index contributed by atoms with van der Waals surface area (Å²) in [6.07, 6.45) is -0.137. The van der Waals surface area contributed by atoms with Gasteiger partial charge in [0.15, 0.2) is 0 Å². The third-order valence-corrected chi connectivity index (χ3v) is 6.67. The maximum absolute atomic E-state index is 12.9. The number of amides is 2. The molecule has 1 aromatic carbocycles. The smallest absolute Gasteiger partial charge is 0.344 e. The predicted molar refractivity (Wildman–Crippen MR) is 101 cm³/mol. The maximum Gasteiger partial charge on any atom is 0.344 e. The van der Waals surface area contributed by atoms with Gasteiger partial charge in [-0.1, -0.05) is 18.2 Å². The number of aliphatic carboxylic acids is 1. The van der Waals surface area contributed by atoms with Gasteiger partial charge in [0.2, 0.25) is 11.4 Å². The molecule has 9 nitrogen and oxygen atoms in total. The molecule has 0 aliphatic carbocycles. The number of nitrogens with zero attached hydrogens (tertiary/aromatic N) is 1.